The van der Waals surface area contributed by atoms with Crippen LogP contribution in [0.15, 0.2) is 6.20 Å². The number of carbonyl (C=O) groups excluding carboxylic acids is 1. The van der Waals surface area contributed by atoms with E-state index in [0.717, 1.165) is 32.3 Å². The molecule has 2 fully saturated rings. The average molecular weight is 279 g/mol. The molecular weight excluding hydrogens is 258 g/mol. The predicted molar refractivity (Wildman–Crippen MR) is 71.4 cm³/mol. The summed E-state index contributed by atoms with van der Waals surface area (Å²) in [7, 11) is 1.35. The Bertz CT molecular complexity index is 474. The van der Waals surface area contributed by atoms with Crippen LogP contribution in [0.3, 0.4) is 0 Å². The molecule has 110 valence electrons. The minimum absolute atomic E-state index is 0.0263. The average Bonchev–Trinajstić information content (AvgIpc) is 2.97. The van der Waals surface area contributed by atoms with Crippen LogP contribution in [0.5, 0.6) is 0 Å². The van der Waals surface area contributed by atoms with Crippen molar-refractivity contribution in [1.29, 1.82) is 0 Å². The lowest BCUT2D eigenvalue weighted by Gasteiger charge is -2.43. The van der Waals surface area contributed by atoms with E-state index in [2.05, 4.69) is 15.0 Å². The zero-order chi connectivity index (χ0) is 14.0. The molecule has 20 heavy (non-hydrogen) atoms. The van der Waals surface area contributed by atoms with Crippen molar-refractivity contribution in [3.05, 3.63) is 11.9 Å². The summed E-state index contributed by atoms with van der Waals surface area (Å²) in [5.41, 5.74) is 0.301. The van der Waals surface area contributed by atoms with Crippen molar-refractivity contribution in [1.82, 2.24) is 15.0 Å². The number of carbonyl (C=O) groups is 1. The van der Waals surface area contributed by atoms with E-state index in [1.165, 1.54) is 26.4 Å². The van der Waals surface area contributed by atoms with Crippen LogP contribution in [-0.2, 0) is 9.47 Å². The van der Waals surface area contributed by atoms with Crippen molar-refractivity contribution in [2.45, 2.75) is 56.6 Å². The minimum Gasteiger partial charge on any atom is -0.464 e. The summed E-state index contributed by atoms with van der Waals surface area (Å²) < 4.78 is 12.6. The Morgan fingerprint density at radius 3 is 3.00 bits per heavy atom. The van der Waals surface area contributed by atoms with Crippen molar-refractivity contribution >= 4 is 5.97 Å². The van der Waals surface area contributed by atoms with Crippen LogP contribution in [0, 0.1) is 0 Å². The molecular formula is C14H21N3O3. The summed E-state index contributed by atoms with van der Waals surface area (Å²) in [5, 5.41) is 7.99. The second-order valence-electron chi connectivity index (χ2n) is 5.81. The Labute approximate surface area is 118 Å². The molecule has 1 spiro atoms. The van der Waals surface area contributed by atoms with E-state index in [1.807, 2.05) is 4.68 Å². The molecule has 1 saturated carbocycles. The smallest absolute Gasteiger partial charge is 0.360 e. The lowest BCUT2D eigenvalue weighted by molar-refractivity contribution is -0.115. The number of hydrogen-bond acceptors (Lipinski definition) is 5. The highest BCUT2D eigenvalue weighted by atomic mass is 16.5. The maximum atomic E-state index is 11.4. The molecule has 0 amide bonds. The van der Waals surface area contributed by atoms with Gasteiger partial charge in [-0.2, -0.15) is 0 Å². The molecule has 0 N–H and O–H groups in total. The Hall–Kier alpha value is -1.43. The first-order valence-corrected chi connectivity index (χ1v) is 7.37. The van der Waals surface area contributed by atoms with E-state index < -0.39 is 5.97 Å². The van der Waals surface area contributed by atoms with Gasteiger partial charge in [-0.15, -0.1) is 5.10 Å². The van der Waals surface area contributed by atoms with Crippen molar-refractivity contribution in [2.24, 2.45) is 0 Å². The molecule has 1 atom stereocenters. The lowest BCUT2D eigenvalue weighted by atomic mass is 9.78. The van der Waals surface area contributed by atoms with Crippen LogP contribution >= 0.6 is 0 Å². The zero-order valence-electron chi connectivity index (χ0n) is 11.9. The van der Waals surface area contributed by atoms with Crippen molar-refractivity contribution in [3.63, 3.8) is 0 Å². The molecule has 1 aliphatic heterocycles. The van der Waals surface area contributed by atoms with Crippen LogP contribution < -0.4 is 0 Å². The molecule has 0 bridgehead atoms. The van der Waals surface area contributed by atoms with E-state index in [9.17, 15) is 4.79 Å². The van der Waals surface area contributed by atoms with Gasteiger partial charge in [0, 0.05) is 6.61 Å². The number of methoxy groups -OCH3 is 1. The fourth-order valence-electron chi connectivity index (χ4n) is 3.43. The summed E-state index contributed by atoms with van der Waals surface area (Å²) in [5.74, 6) is -0.435. The van der Waals surface area contributed by atoms with E-state index >= 15 is 0 Å². The van der Waals surface area contributed by atoms with Crippen molar-refractivity contribution in [3.8, 4) is 0 Å². The standard InChI is InChI=1S/C14H21N3O3/c1-19-13(18)12-10-17(16-15-12)11-5-8-20-14(9-11)6-3-2-4-7-14/h10-11H,2-9H2,1H3. The van der Waals surface area contributed by atoms with E-state index in [4.69, 9.17) is 4.74 Å². The number of aromatic nitrogens is 3. The van der Waals surface area contributed by atoms with Gasteiger partial charge in [-0.25, -0.2) is 9.48 Å². The summed E-state index contributed by atoms with van der Waals surface area (Å²) >= 11 is 0. The lowest BCUT2D eigenvalue weighted by Crippen LogP contribution is -2.42. The van der Waals surface area contributed by atoms with Gasteiger partial charge in [0.1, 0.15) is 0 Å². The third-order valence-corrected chi connectivity index (χ3v) is 4.51. The number of hydrogen-bond donors (Lipinski definition) is 0. The van der Waals surface area contributed by atoms with Crippen LogP contribution in [-0.4, -0.2) is 40.3 Å². The molecule has 1 unspecified atom stereocenters. The monoisotopic (exact) mass is 279 g/mol. The third kappa shape index (κ3) is 2.57. The Kier molecular flexibility index (Phi) is 3.74. The maximum Gasteiger partial charge on any atom is 0.360 e. The third-order valence-electron chi connectivity index (χ3n) is 4.51. The Morgan fingerprint density at radius 1 is 1.45 bits per heavy atom. The highest BCUT2D eigenvalue weighted by Gasteiger charge is 2.39. The van der Waals surface area contributed by atoms with Crippen LogP contribution in [0.25, 0.3) is 0 Å². The second kappa shape index (κ2) is 5.52. The minimum atomic E-state index is -0.435. The molecule has 2 aliphatic rings. The molecule has 1 aromatic rings. The normalized spacial score (nSPS) is 25.6. The van der Waals surface area contributed by atoms with Gasteiger partial charge in [0.25, 0.3) is 0 Å². The number of esters is 1. The van der Waals surface area contributed by atoms with Crippen molar-refractivity contribution < 1.29 is 14.3 Å². The quantitative estimate of drug-likeness (QED) is 0.776. The van der Waals surface area contributed by atoms with E-state index in [0.29, 0.717) is 0 Å². The van der Waals surface area contributed by atoms with Crippen LogP contribution in [0.2, 0.25) is 0 Å². The highest BCUT2D eigenvalue weighted by Crippen LogP contribution is 2.41. The van der Waals surface area contributed by atoms with E-state index in [1.54, 1.807) is 6.20 Å². The fourth-order valence-corrected chi connectivity index (χ4v) is 3.43. The SMILES string of the molecule is COC(=O)c1cn(C2CCOC3(CCCCC3)C2)nn1. The number of ether oxygens (including phenoxy) is 2. The van der Waals surface area contributed by atoms with Gasteiger partial charge in [-0.05, 0) is 25.7 Å². The van der Waals surface area contributed by atoms with Gasteiger partial charge < -0.3 is 9.47 Å². The molecule has 0 radical (unpaired) electrons. The van der Waals surface area contributed by atoms with Crippen molar-refractivity contribution in [2.75, 3.05) is 13.7 Å². The predicted octanol–water partition coefficient (Wildman–Crippen LogP) is 2.12. The van der Waals surface area contributed by atoms with Gasteiger partial charge in [0.05, 0.1) is 24.9 Å². The topological polar surface area (TPSA) is 66.2 Å². The second-order valence-corrected chi connectivity index (χ2v) is 5.81. The van der Waals surface area contributed by atoms with Gasteiger partial charge in [0.15, 0.2) is 5.69 Å². The van der Waals surface area contributed by atoms with Gasteiger partial charge in [-0.3, -0.25) is 0 Å². The van der Waals surface area contributed by atoms with Gasteiger partial charge >= 0.3 is 5.97 Å². The molecule has 6 nitrogen and oxygen atoms in total. The first kappa shape index (κ1) is 13.5. The first-order valence-electron chi connectivity index (χ1n) is 7.37. The Morgan fingerprint density at radius 2 is 2.25 bits per heavy atom. The first-order chi connectivity index (χ1) is 9.72. The Balaban J connectivity index is 1.73. The van der Waals surface area contributed by atoms with E-state index in [-0.39, 0.29) is 17.3 Å². The largest absolute Gasteiger partial charge is 0.464 e. The summed E-state index contributed by atoms with van der Waals surface area (Å²) in [6.07, 6.45) is 9.67. The van der Waals surface area contributed by atoms with Crippen LogP contribution in [0.1, 0.15) is 61.5 Å². The molecule has 6 heteroatoms. The molecule has 1 saturated heterocycles. The molecule has 0 aromatic carbocycles. The van der Waals surface area contributed by atoms with Crippen LogP contribution in [0.4, 0.5) is 0 Å². The summed E-state index contributed by atoms with van der Waals surface area (Å²) in [4.78, 5) is 11.4. The summed E-state index contributed by atoms with van der Waals surface area (Å²) in [6, 6.07) is 0.271. The zero-order valence-corrected chi connectivity index (χ0v) is 11.9. The fraction of sp³-hybridized carbons (Fsp3) is 0.786. The molecule has 3 rings (SSSR count). The van der Waals surface area contributed by atoms with Gasteiger partial charge in [-0.1, -0.05) is 24.5 Å². The van der Waals surface area contributed by atoms with Gasteiger partial charge in [0.2, 0.25) is 0 Å². The highest BCUT2D eigenvalue weighted by molar-refractivity contribution is 5.86. The molecule has 2 heterocycles. The number of rotatable bonds is 2. The maximum absolute atomic E-state index is 11.4. The molecule has 1 aliphatic carbocycles. The molecule has 1 aromatic heterocycles. The number of nitrogens with zero attached hydrogens (tertiary/aromatic N) is 3. The summed E-state index contributed by atoms with van der Waals surface area (Å²) in [6.45, 7) is 0.762.